The van der Waals surface area contributed by atoms with Gasteiger partial charge in [0.25, 0.3) is 0 Å². The van der Waals surface area contributed by atoms with Crippen LogP contribution in [0.3, 0.4) is 0 Å². The Morgan fingerprint density at radius 2 is 1.93 bits per heavy atom. The Morgan fingerprint density at radius 1 is 1.19 bits per heavy atom. The summed E-state index contributed by atoms with van der Waals surface area (Å²) in [5.41, 5.74) is 0. The van der Waals surface area contributed by atoms with Crippen molar-refractivity contribution in [1.29, 1.82) is 0 Å². The minimum absolute atomic E-state index is 0.00974. The zero-order valence-corrected chi connectivity index (χ0v) is 17.7. The summed E-state index contributed by atoms with van der Waals surface area (Å²) < 4.78 is 27.0. The van der Waals surface area contributed by atoms with Crippen LogP contribution in [-0.2, 0) is 21.2 Å². The van der Waals surface area contributed by atoms with Crippen LogP contribution in [0, 0.1) is 5.92 Å². The molecule has 146 valence electrons. The van der Waals surface area contributed by atoms with Gasteiger partial charge in [0, 0.05) is 30.4 Å². The summed E-state index contributed by atoms with van der Waals surface area (Å²) in [6.45, 7) is 1.17. The van der Waals surface area contributed by atoms with Crippen molar-refractivity contribution < 1.29 is 13.2 Å². The van der Waals surface area contributed by atoms with Crippen molar-refractivity contribution in [3.8, 4) is 0 Å². The molecule has 1 saturated heterocycles. The van der Waals surface area contributed by atoms with E-state index in [1.165, 1.54) is 15.2 Å². The van der Waals surface area contributed by atoms with E-state index < -0.39 is 10.0 Å². The largest absolute Gasteiger partial charge is 0.355 e. The number of nitrogens with one attached hydrogen (secondary N) is 1. The second-order valence-corrected chi connectivity index (χ2v) is 10.1. The average Bonchev–Trinajstić information content (AvgIpc) is 3.17. The highest BCUT2D eigenvalue weighted by Gasteiger charge is 2.33. The summed E-state index contributed by atoms with van der Waals surface area (Å²) in [6, 6.07) is 8.60. The Balaban J connectivity index is 1.54. The molecule has 1 fully saturated rings. The Bertz CT molecular complexity index is 893. The lowest BCUT2D eigenvalue weighted by molar-refractivity contribution is -0.126. The topological polar surface area (TPSA) is 66.5 Å². The van der Waals surface area contributed by atoms with Crippen LogP contribution in [-0.4, -0.2) is 38.3 Å². The number of thiophene rings is 1. The molecule has 0 spiro atoms. The number of carbonyl (C=O) groups is 1. The molecule has 1 aliphatic rings. The number of carbonyl (C=O) groups excluding carboxylic acids is 1. The van der Waals surface area contributed by atoms with E-state index in [-0.39, 0.29) is 39.9 Å². The van der Waals surface area contributed by atoms with Gasteiger partial charge in [-0.25, -0.2) is 8.42 Å². The van der Waals surface area contributed by atoms with Gasteiger partial charge in [-0.3, -0.25) is 4.79 Å². The SMILES string of the molecule is O=C(NCCc1cccs1)C1CCN(S(=O)(=O)c2cccc(Cl)c2Cl)CC1. The second-order valence-electron chi connectivity index (χ2n) is 6.35. The standard InChI is InChI=1S/C18H20Cl2N2O3S2/c19-15-4-1-5-16(17(15)20)27(24,25)22-10-7-13(8-11-22)18(23)21-9-6-14-3-2-12-26-14/h1-5,12-13H,6-11H2,(H,21,23). The summed E-state index contributed by atoms with van der Waals surface area (Å²) in [6.07, 6.45) is 1.79. The molecule has 2 aromatic rings. The summed E-state index contributed by atoms with van der Waals surface area (Å²) in [5, 5.41) is 5.21. The molecule has 1 N–H and O–H groups in total. The van der Waals surface area contributed by atoms with Crippen LogP contribution in [0.1, 0.15) is 17.7 Å². The number of amides is 1. The Labute approximate surface area is 173 Å². The predicted octanol–water partition coefficient (Wildman–Crippen LogP) is 3.81. The lowest BCUT2D eigenvalue weighted by Gasteiger charge is -2.30. The van der Waals surface area contributed by atoms with Crippen LogP contribution in [0.4, 0.5) is 0 Å². The Morgan fingerprint density at radius 3 is 2.59 bits per heavy atom. The van der Waals surface area contributed by atoms with Gasteiger partial charge in [-0.1, -0.05) is 35.3 Å². The zero-order chi connectivity index (χ0) is 19.4. The third-order valence-corrected chi connectivity index (χ3v) is 8.42. The molecule has 1 aromatic heterocycles. The van der Waals surface area contributed by atoms with Crippen molar-refractivity contribution in [2.75, 3.05) is 19.6 Å². The third-order valence-electron chi connectivity index (χ3n) is 4.61. The monoisotopic (exact) mass is 446 g/mol. The molecular formula is C18H20Cl2N2O3S2. The number of rotatable bonds is 6. The summed E-state index contributed by atoms with van der Waals surface area (Å²) in [7, 11) is -3.72. The fourth-order valence-electron chi connectivity index (χ4n) is 3.09. The van der Waals surface area contributed by atoms with Crippen LogP contribution in [0.2, 0.25) is 10.0 Å². The smallest absolute Gasteiger partial charge is 0.244 e. The molecule has 1 aliphatic heterocycles. The highest BCUT2D eigenvalue weighted by Crippen LogP contribution is 2.32. The van der Waals surface area contributed by atoms with Crippen molar-refractivity contribution in [2.24, 2.45) is 5.92 Å². The van der Waals surface area contributed by atoms with Gasteiger partial charge >= 0.3 is 0 Å². The summed E-state index contributed by atoms with van der Waals surface area (Å²) in [5.74, 6) is -0.181. The third kappa shape index (κ3) is 4.84. The van der Waals surface area contributed by atoms with Crippen LogP contribution in [0.15, 0.2) is 40.6 Å². The van der Waals surface area contributed by atoms with E-state index in [1.54, 1.807) is 23.5 Å². The summed E-state index contributed by atoms with van der Waals surface area (Å²) >= 11 is 13.7. The molecule has 0 radical (unpaired) electrons. The summed E-state index contributed by atoms with van der Waals surface area (Å²) in [4.78, 5) is 13.6. The van der Waals surface area contributed by atoms with Gasteiger partial charge in [0.2, 0.25) is 15.9 Å². The molecule has 0 atom stereocenters. The highest BCUT2D eigenvalue weighted by molar-refractivity contribution is 7.89. The molecule has 0 bridgehead atoms. The highest BCUT2D eigenvalue weighted by atomic mass is 35.5. The maximum atomic E-state index is 12.8. The first-order valence-electron chi connectivity index (χ1n) is 8.64. The maximum absolute atomic E-state index is 12.8. The van der Waals surface area contributed by atoms with Gasteiger partial charge < -0.3 is 5.32 Å². The lowest BCUT2D eigenvalue weighted by Crippen LogP contribution is -2.43. The van der Waals surface area contributed by atoms with Gasteiger partial charge in [0.05, 0.1) is 10.0 Å². The molecular weight excluding hydrogens is 427 g/mol. The first-order chi connectivity index (χ1) is 12.9. The molecule has 1 amide bonds. The van der Waals surface area contributed by atoms with Crippen molar-refractivity contribution in [3.05, 3.63) is 50.6 Å². The van der Waals surface area contributed by atoms with Crippen LogP contribution in [0.5, 0.6) is 0 Å². The Hall–Kier alpha value is -1.12. The average molecular weight is 447 g/mol. The lowest BCUT2D eigenvalue weighted by atomic mass is 9.97. The molecule has 2 heterocycles. The van der Waals surface area contributed by atoms with Crippen molar-refractivity contribution in [1.82, 2.24) is 9.62 Å². The zero-order valence-electron chi connectivity index (χ0n) is 14.5. The van der Waals surface area contributed by atoms with E-state index in [0.717, 1.165) is 6.42 Å². The maximum Gasteiger partial charge on any atom is 0.244 e. The first-order valence-corrected chi connectivity index (χ1v) is 11.7. The predicted molar refractivity (Wildman–Crippen MR) is 109 cm³/mol. The van der Waals surface area contributed by atoms with Gasteiger partial charge in [0.15, 0.2) is 0 Å². The van der Waals surface area contributed by atoms with Gasteiger partial charge in [0.1, 0.15) is 4.90 Å². The number of halogens is 2. The number of piperidine rings is 1. The molecule has 9 heteroatoms. The number of hydrogen-bond donors (Lipinski definition) is 1. The van der Waals surface area contributed by atoms with E-state index in [0.29, 0.717) is 19.4 Å². The molecule has 0 saturated carbocycles. The van der Waals surface area contributed by atoms with Crippen LogP contribution < -0.4 is 5.32 Å². The Kier molecular flexibility index (Phi) is 6.81. The van der Waals surface area contributed by atoms with E-state index in [2.05, 4.69) is 5.32 Å². The van der Waals surface area contributed by atoms with Crippen molar-refractivity contribution in [2.45, 2.75) is 24.2 Å². The fourth-order valence-corrected chi connectivity index (χ4v) is 6.00. The molecule has 0 aliphatic carbocycles. The number of nitrogens with zero attached hydrogens (tertiary/aromatic N) is 1. The number of hydrogen-bond acceptors (Lipinski definition) is 4. The number of sulfonamides is 1. The quantitative estimate of drug-likeness (QED) is 0.733. The normalized spacial score (nSPS) is 16.4. The van der Waals surface area contributed by atoms with Gasteiger partial charge in [-0.2, -0.15) is 4.31 Å². The molecule has 0 unspecified atom stereocenters. The minimum Gasteiger partial charge on any atom is -0.355 e. The minimum atomic E-state index is -3.72. The second kappa shape index (κ2) is 8.92. The van der Waals surface area contributed by atoms with E-state index in [1.807, 2.05) is 17.5 Å². The van der Waals surface area contributed by atoms with E-state index in [4.69, 9.17) is 23.2 Å². The molecule has 1 aromatic carbocycles. The number of benzene rings is 1. The van der Waals surface area contributed by atoms with Crippen molar-refractivity contribution in [3.63, 3.8) is 0 Å². The van der Waals surface area contributed by atoms with Crippen LogP contribution >= 0.6 is 34.5 Å². The molecule has 3 rings (SSSR count). The molecule has 27 heavy (non-hydrogen) atoms. The first kappa shape index (κ1) is 20.6. The van der Waals surface area contributed by atoms with Crippen LogP contribution in [0.25, 0.3) is 0 Å². The van der Waals surface area contributed by atoms with Gasteiger partial charge in [-0.05, 0) is 42.8 Å². The fraction of sp³-hybridized carbons (Fsp3) is 0.389. The van der Waals surface area contributed by atoms with E-state index in [9.17, 15) is 13.2 Å². The van der Waals surface area contributed by atoms with Gasteiger partial charge in [-0.15, -0.1) is 11.3 Å². The van der Waals surface area contributed by atoms with Crippen molar-refractivity contribution >= 4 is 50.5 Å². The molecule has 5 nitrogen and oxygen atoms in total. The van der Waals surface area contributed by atoms with E-state index >= 15 is 0 Å².